The molecule has 0 saturated carbocycles. The van der Waals surface area contributed by atoms with Crippen molar-refractivity contribution in [3.05, 3.63) is 42.0 Å². The Morgan fingerprint density at radius 3 is 2.48 bits per heavy atom. The highest BCUT2D eigenvalue weighted by atomic mass is 16.6. The minimum Gasteiger partial charge on any atom is -0.490 e. The van der Waals surface area contributed by atoms with E-state index in [1.807, 2.05) is 31.2 Å². The molecule has 0 aliphatic rings. The van der Waals surface area contributed by atoms with E-state index in [1.54, 1.807) is 6.92 Å². The Hall–Kier alpha value is -2.30. The Morgan fingerprint density at radius 1 is 1.19 bits per heavy atom. The minimum absolute atomic E-state index is 0.0955. The van der Waals surface area contributed by atoms with Crippen molar-refractivity contribution in [2.45, 2.75) is 26.9 Å². The van der Waals surface area contributed by atoms with Crippen LogP contribution in [-0.2, 0) is 19.1 Å². The molecular weight excluding hydrogens is 272 g/mol. The number of rotatable bonds is 7. The van der Waals surface area contributed by atoms with E-state index in [2.05, 4.69) is 0 Å². The standard InChI is InChI=1S/C16H20O5/c1-4-5-15(17)21-13(3)16(18)20-11-10-19-14-8-6-12(2)7-9-14/h4-9,13H,10-11H2,1-3H3/b5-4-. The first-order valence-corrected chi connectivity index (χ1v) is 6.72. The van der Waals surface area contributed by atoms with Gasteiger partial charge in [0.25, 0.3) is 0 Å². The fourth-order valence-electron chi connectivity index (χ4n) is 1.45. The summed E-state index contributed by atoms with van der Waals surface area (Å²) in [6.45, 7) is 5.47. The van der Waals surface area contributed by atoms with Crippen molar-refractivity contribution in [3.63, 3.8) is 0 Å². The van der Waals surface area contributed by atoms with Crippen molar-refractivity contribution in [3.8, 4) is 5.75 Å². The normalized spacial score (nSPS) is 12.0. The van der Waals surface area contributed by atoms with Gasteiger partial charge in [0.15, 0.2) is 6.10 Å². The first-order chi connectivity index (χ1) is 10.0. The van der Waals surface area contributed by atoms with E-state index in [0.29, 0.717) is 5.75 Å². The molecule has 5 nitrogen and oxygen atoms in total. The highest BCUT2D eigenvalue weighted by molar-refractivity contribution is 5.85. The molecule has 1 unspecified atom stereocenters. The topological polar surface area (TPSA) is 61.8 Å². The average Bonchev–Trinajstić information content (AvgIpc) is 2.45. The van der Waals surface area contributed by atoms with Crippen LogP contribution in [0.2, 0.25) is 0 Å². The Labute approximate surface area is 124 Å². The van der Waals surface area contributed by atoms with Gasteiger partial charge in [0.05, 0.1) is 0 Å². The highest BCUT2D eigenvalue weighted by Crippen LogP contribution is 2.11. The molecule has 1 rings (SSSR count). The zero-order valence-electron chi connectivity index (χ0n) is 12.5. The number of carbonyl (C=O) groups excluding carboxylic acids is 2. The van der Waals surface area contributed by atoms with Crippen LogP contribution in [0.1, 0.15) is 19.4 Å². The van der Waals surface area contributed by atoms with Crippen molar-refractivity contribution < 1.29 is 23.8 Å². The first-order valence-electron chi connectivity index (χ1n) is 6.72. The van der Waals surface area contributed by atoms with Crippen LogP contribution in [0.25, 0.3) is 0 Å². The number of ether oxygens (including phenoxy) is 3. The summed E-state index contributed by atoms with van der Waals surface area (Å²) in [7, 11) is 0. The van der Waals surface area contributed by atoms with Gasteiger partial charge in [-0.3, -0.25) is 0 Å². The van der Waals surface area contributed by atoms with Gasteiger partial charge in [0, 0.05) is 6.08 Å². The predicted molar refractivity (Wildman–Crippen MR) is 78.0 cm³/mol. The van der Waals surface area contributed by atoms with Crippen LogP contribution in [0, 0.1) is 6.92 Å². The quantitative estimate of drug-likeness (QED) is 0.439. The molecule has 0 bridgehead atoms. The van der Waals surface area contributed by atoms with Gasteiger partial charge >= 0.3 is 11.9 Å². The van der Waals surface area contributed by atoms with Crippen LogP contribution in [0.3, 0.4) is 0 Å². The molecule has 0 amide bonds. The lowest BCUT2D eigenvalue weighted by molar-refractivity contribution is -0.164. The number of aryl methyl sites for hydroxylation is 1. The second-order valence-electron chi connectivity index (χ2n) is 4.41. The number of hydrogen-bond donors (Lipinski definition) is 0. The molecule has 0 fully saturated rings. The first kappa shape index (κ1) is 16.8. The summed E-state index contributed by atoms with van der Waals surface area (Å²) in [5.41, 5.74) is 1.14. The molecule has 5 heteroatoms. The van der Waals surface area contributed by atoms with Crippen LogP contribution in [-0.4, -0.2) is 31.3 Å². The maximum absolute atomic E-state index is 11.6. The molecule has 0 N–H and O–H groups in total. The smallest absolute Gasteiger partial charge is 0.347 e. The molecule has 0 saturated heterocycles. The minimum atomic E-state index is -0.937. The number of allylic oxidation sites excluding steroid dienone is 1. The molecule has 21 heavy (non-hydrogen) atoms. The van der Waals surface area contributed by atoms with Gasteiger partial charge in [-0.25, -0.2) is 9.59 Å². The van der Waals surface area contributed by atoms with Crippen molar-refractivity contribution in [2.24, 2.45) is 0 Å². The molecule has 1 aromatic carbocycles. The summed E-state index contributed by atoms with van der Waals surface area (Å²) < 4.78 is 15.2. The van der Waals surface area contributed by atoms with Gasteiger partial charge in [-0.15, -0.1) is 0 Å². The van der Waals surface area contributed by atoms with E-state index in [-0.39, 0.29) is 13.2 Å². The van der Waals surface area contributed by atoms with Crippen LogP contribution in [0.5, 0.6) is 5.75 Å². The number of hydrogen-bond acceptors (Lipinski definition) is 5. The van der Waals surface area contributed by atoms with E-state index in [0.717, 1.165) is 5.56 Å². The molecule has 1 aromatic rings. The summed E-state index contributed by atoms with van der Waals surface area (Å²) >= 11 is 0. The van der Waals surface area contributed by atoms with Gasteiger partial charge in [0.1, 0.15) is 19.0 Å². The van der Waals surface area contributed by atoms with Gasteiger partial charge in [-0.05, 0) is 32.9 Å². The molecule has 0 spiro atoms. The zero-order valence-corrected chi connectivity index (χ0v) is 12.5. The second kappa shape index (κ2) is 8.79. The summed E-state index contributed by atoms with van der Waals surface area (Å²) in [6, 6.07) is 7.56. The van der Waals surface area contributed by atoms with Crippen LogP contribution >= 0.6 is 0 Å². The SMILES string of the molecule is C/C=C\C(=O)OC(C)C(=O)OCCOc1ccc(C)cc1. The third-order valence-corrected chi connectivity index (χ3v) is 2.54. The lowest BCUT2D eigenvalue weighted by Crippen LogP contribution is -2.27. The van der Waals surface area contributed by atoms with Crippen molar-refractivity contribution in [2.75, 3.05) is 13.2 Å². The maximum Gasteiger partial charge on any atom is 0.347 e. The highest BCUT2D eigenvalue weighted by Gasteiger charge is 2.17. The van der Waals surface area contributed by atoms with E-state index >= 15 is 0 Å². The van der Waals surface area contributed by atoms with Gasteiger partial charge in [-0.1, -0.05) is 23.8 Å². The molecule has 0 aliphatic heterocycles. The number of carbonyl (C=O) groups is 2. The van der Waals surface area contributed by atoms with Gasteiger partial charge < -0.3 is 14.2 Å². The van der Waals surface area contributed by atoms with E-state index in [1.165, 1.54) is 19.1 Å². The number of benzene rings is 1. The van der Waals surface area contributed by atoms with Crippen LogP contribution in [0.15, 0.2) is 36.4 Å². The Morgan fingerprint density at radius 2 is 1.86 bits per heavy atom. The fourth-order valence-corrected chi connectivity index (χ4v) is 1.45. The number of esters is 2. The van der Waals surface area contributed by atoms with E-state index < -0.39 is 18.0 Å². The van der Waals surface area contributed by atoms with Gasteiger partial charge in [0.2, 0.25) is 0 Å². The molecular formula is C16H20O5. The van der Waals surface area contributed by atoms with Crippen LogP contribution < -0.4 is 4.74 Å². The van der Waals surface area contributed by atoms with Crippen molar-refractivity contribution in [1.82, 2.24) is 0 Å². The third-order valence-electron chi connectivity index (χ3n) is 2.54. The monoisotopic (exact) mass is 292 g/mol. The maximum atomic E-state index is 11.6. The van der Waals surface area contributed by atoms with E-state index in [9.17, 15) is 9.59 Å². The molecule has 0 heterocycles. The lowest BCUT2D eigenvalue weighted by Gasteiger charge is -2.12. The summed E-state index contributed by atoms with van der Waals surface area (Å²) in [4.78, 5) is 22.7. The van der Waals surface area contributed by atoms with Crippen LogP contribution in [0.4, 0.5) is 0 Å². The average molecular weight is 292 g/mol. The largest absolute Gasteiger partial charge is 0.490 e. The Bertz CT molecular complexity index is 490. The van der Waals surface area contributed by atoms with Crippen molar-refractivity contribution in [1.29, 1.82) is 0 Å². The molecule has 0 aromatic heterocycles. The zero-order chi connectivity index (χ0) is 15.7. The predicted octanol–water partition coefficient (Wildman–Crippen LogP) is 2.42. The summed E-state index contributed by atoms with van der Waals surface area (Å²) in [5, 5.41) is 0. The molecule has 0 radical (unpaired) electrons. The summed E-state index contributed by atoms with van der Waals surface area (Å²) in [6.07, 6.45) is 1.84. The third kappa shape index (κ3) is 6.61. The Balaban J connectivity index is 2.23. The lowest BCUT2D eigenvalue weighted by atomic mass is 10.2. The van der Waals surface area contributed by atoms with Gasteiger partial charge in [-0.2, -0.15) is 0 Å². The molecule has 1 atom stereocenters. The second-order valence-corrected chi connectivity index (χ2v) is 4.41. The summed E-state index contributed by atoms with van der Waals surface area (Å²) in [5.74, 6) is -0.456. The molecule has 0 aliphatic carbocycles. The van der Waals surface area contributed by atoms with E-state index in [4.69, 9.17) is 14.2 Å². The Kier molecular flexibility index (Phi) is 7.01. The van der Waals surface area contributed by atoms with Crippen molar-refractivity contribution >= 4 is 11.9 Å². The fraction of sp³-hybridized carbons (Fsp3) is 0.375. The molecule has 114 valence electrons.